The molecule has 430 valence electrons. The first-order valence-electron chi connectivity index (χ1n) is 28.8. The second-order valence-electron chi connectivity index (χ2n) is 18.8. The topological polar surface area (TPSA) is 175 Å². The number of aliphatic hydroxyl groups excluding tert-OH is 2. The minimum absolute atomic E-state index is 0.118. The SMILES string of the molecule is CC/C=C\C/C=C\C/C=C\C/C=C\C/C=C\CC(=O)OC1C(OCC(COC(=O)CCCCCC/C=C\C/C=C\C/C=C\C/C=C\CC)OC(=O)CCCCCCC/C=C\C/C=C\C/C=C\CC)OC(C(=O)O)C(O)C1O. The number of hydrogen-bond acceptors (Lipinski definition) is 11. The van der Waals surface area contributed by atoms with Gasteiger partial charge in [-0.2, -0.15) is 0 Å². The van der Waals surface area contributed by atoms with Crippen LogP contribution in [0.5, 0.6) is 0 Å². The molecule has 12 nitrogen and oxygen atoms in total. The van der Waals surface area contributed by atoms with E-state index in [1.54, 1.807) is 12.2 Å². The molecule has 1 saturated heterocycles. The molecule has 0 aromatic heterocycles. The Morgan fingerprint density at radius 1 is 0.442 bits per heavy atom. The Bertz CT molecular complexity index is 1890. The van der Waals surface area contributed by atoms with Crippen LogP contribution < -0.4 is 0 Å². The summed E-state index contributed by atoms with van der Waals surface area (Å²) >= 11 is 0. The number of rotatable bonds is 46. The molecule has 6 atom stereocenters. The zero-order valence-electron chi connectivity index (χ0n) is 47.1. The van der Waals surface area contributed by atoms with Crippen LogP contribution in [0.2, 0.25) is 0 Å². The van der Waals surface area contributed by atoms with Crippen LogP contribution in [0.15, 0.2) is 146 Å². The maximum Gasteiger partial charge on any atom is 0.335 e. The lowest BCUT2D eigenvalue weighted by molar-refractivity contribution is -0.301. The summed E-state index contributed by atoms with van der Waals surface area (Å²) in [5.74, 6) is -3.37. The van der Waals surface area contributed by atoms with Crippen molar-refractivity contribution < 1.29 is 58.2 Å². The van der Waals surface area contributed by atoms with Crippen LogP contribution in [-0.2, 0) is 42.9 Å². The third-order valence-electron chi connectivity index (χ3n) is 11.9. The van der Waals surface area contributed by atoms with E-state index in [0.717, 1.165) is 128 Å². The van der Waals surface area contributed by atoms with Gasteiger partial charge in [0.05, 0.1) is 13.0 Å². The molecule has 0 bridgehead atoms. The molecule has 1 fully saturated rings. The van der Waals surface area contributed by atoms with Gasteiger partial charge in [-0.3, -0.25) is 14.4 Å². The molecule has 1 aliphatic rings. The van der Waals surface area contributed by atoms with Crippen molar-refractivity contribution in [3.05, 3.63) is 146 Å². The van der Waals surface area contributed by atoms with E-state index in [9.17, 15) is 34.5 Å². The average molecular weight is 1070 g/mol. The molecule has 1 aliphatic heterocycles. The largest absolute Gasteiger partial charge is 0.479 e. The zero-order valence-corrected chi connectivity index (χ0v) is 47.1. The monoisotopic (exact) mass is 1070 g/mol. The first kappa shape index (κ1) is 69.6. The van der Waals surface area contributed by atoms with Crippen LogP contribution in [0.3, 0.4) is 0 Å². The highest BCUT2D eigenvalue weighted by Crippen LogP contribution is 2.26. The van der Waals surface area contributed by atoms with Crippen molar-refractivity contribution in [2.75, 3.05) is 13.2 Å². The van der Waals surface area contributed by atoms with E-state index in [1.807, 2.05) is 12.2 Å². The Morgan fingerprint density at radius 3 is 1.25 bits per heavy atom. The maximum atomic E-state index is 13.1. The van der Waals surface area contributed by atoms with E-state index in [-0.39, 0.29) is 25.9 Å². The molecule has 12 heteroatoms. The molecule has 0 aromatic rings. The van der Waals surface area contributed by atoms with Crippen LogP contribution in [0, 0.1) is 0 Å². The van der Waals surface area contributed by atoms with Gasteiger partial charge in [0, 0.05) is 12.8 Å². The van der Waals surface area contributed by atoms with E-state index in [0.29, 0.717) is 19.3 Å². The summed E-state index contributed by atoms with van der Waals surface area (Å²) in [4.78, 5) is 51.1. The summed E-state index contributed by atoms with van der Waals surface area (Å²) in [6.45, 7) is 5.55. The third kappa shape index (κ3) is 41.4. The van der Waals surface area contributed by atoms with Gasteiger partial charge >= 0.3 is 23.9 Å². The highest BCUT2D eigenvalue weighted by Gasteiger charge is 2.50. The average Bonchev–Trinajstić information content (AvgIpc) is 3.43. The van der Waals surface area contributed by atoms with Crippen molar-refractivity contribution in [2.24, 2.45) is 0 Å². The van der Waals surface area contributed by atoms with E-state index in [4.69, 9.17) is 23.7 Å². The number of carbonyl (C=O) groups excluding carboxylic acids is 3. The lowest BCUT2D eigenvalue weighted by Crippen LogP contribution is -2.61. The quantitative estimate of drug-likeness (QED) is 0.0228. The number of hydrogen-bond donors (Lipinski definition) is 3. The minimum Gasteiger partial charge on any atom is -0.479 e. The number of aliphatic carboxylic acids is 1. The van der Waals surface area contributed by atoms with Crippen LogP contribution in [0.1, 0.15) is 188 Å². The van der Waals surface area contributed by atoms with Crippen molar-refractivity contribution in [1.82, 2.24) is 0 Å². The van der Waals surface area contributed by atoms with Crippen molar-refractivity contribution >= 4 is 23.9 Å². The van der Waals surface area contributed by atoms with Gasteiger partial charge < -0.3 is 39.0 Å². The number of esters is 3. The Labute approximate surface area is 463 Å². The number of ether oxygens (including phenoxy) is 5. The predicted octanol–water partition coefficient (Wildman–Crippen LogP) is 14.8. The number of allylic oxidation sites excluding steroid dienone is 23. The second-order valence-corrected chi connectivity index (χ2v) is 18.8. The number of carboxylic acids is 1. The van der Waals surface area contributed by atoms with Crippen LogP contribution in [-0.4, -0.2) is 89.2 Å². The predicted molar refractivity (Wildman–Crippen MR) is 312 cm³/mol. The smallest absolute Gasteiger partial charge is 0.335 e. The van der Waals surface area contributed by atoms with Gasteiger partial charge in [-0.05, 0) is 116 Å². The Kier molecular flexibility index (Phi) is 46.4. The fraction of sp³-hybridized carbons (Fsp3) is 0.569. The standard InChI is InChI=1S/C65H98O12/c1-4-7-10-13-16-19-22-25-28-29-32-33-36-39-42-45-48-51-57(66)73-54-56(75-58(67)52-49-46-43-40-37-34-30-26-23-20-17-14-11-8-5-2)55-74-65-63(61(70)60(69)62(77-65)64(71)72)76-59(68)53-50-47-44-41-38-35-31-27-24-21-18-15-12-9-6-3/h7-12,16-21,25-28,30-33,38,41,47,50,56,60-63,65,69-70H,4-6,13-15,22-24,29,34-37,39-40,42-46,48-49,51-55H2,1-3H3,(H,71,72)/b10-7-,11-8-,12-9-,19-16-,20-17-,21-18-,28-25-,30-26-,31-27-,33-32-,41-38-,50-47-. The maximum absolute atomic E-state index is 13.1. The van der Waals surface area contributed by atoms with Gasteiger partial charge in [-0.25, -0.2) is 4.79 Å². The number of carboxylic acid groups (broad SMARTS) is 1. The van der Waals surface area contributed by atoms with Crippen LogP contribution in [0.4, 0.5) is 0 Å². The highest BCUT2D eigenvalue weighted by molar-refractivity contribution is 5.74. The zero-order chi connectivity index (χ0) is 56.1. The van der Waals surface area contributed by atoms with Crippen molar-refractivity contribution in [3.63, 3.8) is 0 Å². The van der Waals surface area contributed by atoms with Gasteiger partial charge in [-0.1, -0.05) is 199 Å². The van der Waals surface area contributed by atoms with Crippen molar-refractivity contribution in [3.8, 4) is 0 Å². The summed E-state index contributed by atoms with van der Waals surface area (Å²) in [6.07, 6.45) is 61.3. The van der Waals surface area contributed by atoms with E-state index in [2.05, 4.69) is 142 Å². The normalized spacial score (nSPS) is 19.1. The summed E-state index contributed by atoms with van der Waals surface area (Å²) in [6, 6.07) is 0. The molecule has 0 aromatic carbocycles. The van der Waals surface area contributed by atoms with Gasteiger partial charge in [-0.15, -0.1) is 0 Å². The van der Waals surface area contributed by atoms with E-state index < -0.39 is 67.3 Å². The molecule has 0 radical (unpaired) electrons. The Balaban J connectivity index is 2.79. The lowest BCUT2D eigenvalue weighted by atomic mass is 9.98. The molecule has 77 heavy (non-hydrogen) atoms. The molecule has 0 spiro atoms. The summed E-state index contributed by atoms with van der Waals surface area (Å²) in [7, 11) is 0. The third-order valence-corrected chi connectivity index (χ3v) is 11.9. The molecule has 6 unspecified atom stereocenters. The highest BCUT2D eigenvalue weighted by atomic mass is 16.7. The van der Waals surface area contributed by atoms with Gasteiger partial charge in [0.2, 0.25) is 0 Å². The Hall–Kier alpha value is -5.40. The van der Waals surface area contributed by atoms with Gasteiger partial charge in [0.1, 0.15) is 18.8 Å². The summed E-state index contributed by atoms with van der Waals surface area (Å²) < 4.78 is 28.2. The molecular formula is C65H98O12. The Morgan fingerprint density at radius 2 is 0.818 bits per heavy atom. The van der Waals surface area contributed by atoms with Gasteiger partial charge in [0.25, 0.3) is 0 Å². The van der Waals surface area contributed by atoms with E-state index in [1.165, 1.54) is 0 Å². The number of aliphatic hydroxyl groups is 2. The van der Waals surface area contributed by atoms with Crippen LogP contribution in [0.25, 0.3) is 0 Å². The molecule has 1 heterocycles. The molecule has 3 N–H and O–H groups in total. The number of unbranched alkanes of at least 4 members (excludes halogenated alkanes) is 9. The molecule has 0 amide bonds. The van der Waals surface area contributed by atoms with E-state index >= 15 is 0 Å². The van der Waals surface area contributed by atoms with Crippen LogP contribution >= 0.6 is 0 Å². The summed E-state index contributed by atoms with van der Waals surface area (Å²) in [5, 5.41) is 31.4. The minimum atomic E-state index is -1.95. The fourth-order valence-corrected chi connectivity index (χ4v) is 7.62. The first-order chi connectivity index (χ1) is 37.6. The first-order valence-corrected chi connectivity index (χ1v) is 28.8. The summed E-state index contributed by atoms with van der Waals surface area (Å²) in [5.41, 5.74) is 0. The second kappa shape index (κ2) is 51.4. The number of carbonyl (C=O) groups is 4. The lowest BCUT2D eigenvalue weighted by Gasteiger charge is -2.40. The molecule has 0 aliphatic carbocycles. The molecule has 0 saturated carbocycles. The van der Waals surface area contributed by atoms with Crippen molar-refractivity contribution in [1.29, 1.82) is 0 Å². The molecular weight excluding hydrogens is 973 g/mol. The van der Waals surface area contributed by atoms with Crippen molar-refractivity contribution in [2.45, 2.75) is 225 Å². The van der Waals surface area contributed by atoms with Gasteiger partial charge in [0.15, 0.2) is 24.6 Å². The fourth-order valence-electron chi connectivity index (χ4n) is 7.62. The molecule has 1 rings (SSSR count).